The third-order valence-electron chi connectivity index (χ3n) is 5.51. The minimum Gasteiger partial charge on any atom is -0.386 e. The minimum absolute atomic E-state index is 0.342. The van der Waals surface area contributed by atoms with Gasteiger partial charge in [0, 0.05) is 0 Å². The van der Waals surface area contributed by atoms with Gasteiger partial charge in [-0.2, -0.15) is 0 Å². The maximum Gasteiger partial charge on any atom is 0.347 e. The lowest BCUT2D eigenvalue weighted by atomic mass is 9.97. The van der Waals surface area contributed by atoms with Crippen LogP contribution in [0.15, 0.2) is 97.1 Å². The third-order valence-corrected chi connectivity index (χ3v) is 5.51. The molecule has 0 aromatic heterocycles. The van der Waals surface area contributed by atoms with Crippen LogP contribution in [0.2, 0.25) is 0 Å². The van der Waals surface area contributed by atoms with Crippen LogP contribution in [-0.4, -0.2) is 23.9 Å². The summed E-state index contributed by atoms with van der Waals surface area (Å²) in [6, 6.07) is 29.4. The highest BCUT2D eigenvalue weighted by Crippen LogP contribution is 2.31. The molecule has 0 saturated heterocycles. The molecular formula is C28H16O6. The first kappa shape index (κ1) is 21.0. The van der Waals surface area contributed by atoms with E-state index in [0.29, 0.717) is 22.3 Å². The molecule has 6 rings (SSSR count). The highest BCUT2D eigenvalue weighted by molar-refractivity contribution is 6.18. The normalized spacial score (nSPS) is 13.4. The summed E-state index contributed by atoms with van der Waals surface area (Å²) in [5, 5.41) is 0. The molecular weight excluding hydrogens is 432 g/mol. The van der Waals surface area contributed by atoms with E-state index in [1.165, 1.54) is 0 Å². The molecule has 4 aromatic rings. The summed E-state index contributed by atoms with van der Waals surface area (Å²) in [5.74, 6) is -2.26. The number of rotatable bonds is 2. The highest BCUT2D eigenvalue weighted by Gasteiger charge is 2.32. The van der Waals surface area contributed by atoms with Crippen LogP contribution in [0, 0.1) is 0 Å². The molecule has 0 atom stereocenters. The van der Waals surface area contributed by atoms with Crippen molar-refractivity contribution in [2.45, 2.75) is 0 Å². The van der Waals surface area contributed by atoms with Gasteiger partial charge in [0.15, 0.2) is 0 Å². The number of carbonyl (C=O) groups excluding carboxylic acids is 4. The first-order valence-electron chi connectivity index (χ1n) is 10.4. The molecule has 0 aliphatic carbocycles. The number of benzene rings is 4. The first-order chi connectivity index (χ1) is 16.5. The standard InChI is InChI=1S/2C14H8O3/c15-13-11-8-4-7-10(12(11)14(16)17-13)9-5-2-1-3-6-9;15-13-11-7-6-10(8-12(11)14(16)17-13)9-4-2-1-3-5-9/h2*1-8H. The Morgan fingerprint density at radius 3 is 1.65 bits per heavy atom. The van der Waals surface area contributed by atoms with Crippen molar-refractivity contribution in [1.29, 1.82) is 0 Å². The van der Waals surface area contributed by atoms with Gasteiger partial charge in [0.1, 0.15) is 0 Å². The summed E-state index contributed by atoms with van der Waals surface area (Å²) in [5.41, 5.74) is 4.93. The summed E-state index contributed by atoms with van der Waals surface area (Å²) < 4.78 is 9.16. The largest absolute Gasteiger partial charge is 0.386 e. The topological polar surface area (TPSA) is 86.7 Å². The zero-order valence-electron chi connectivity index (χ0n) is 17.7. The van der Waals surface area contributed by atoms with E-state index in [1.807, 2.05) is 72.8 Å². The lowest BCUT2D eigenvalue weighted by Crippen LogP contribution is -1.98. The summed E-state index contributed by atoms with van der Waals surface area (Å²) >= 11 is 0. The summed E-state index contributed by atoms with van der Waals surface area (Å²) in [6.07, 6.45) is 0. The molecule has 34 heavy (non-hydrogen) atoms. The molecule has 6 nitrogen and oxygen atoms in total. The minimum atomic E-state index is -0.567. The van der Waals surface area contributed by atoms with Gasteiger partial charge in [-0.25, -0.2) is 19.2 Å². The highest BCUT2D eigenvalue weighted by atomic mass is 16.6. The second-order valence-corrected chi connectivity index (χ2v) is 7.57. The fraction of sp³-hybridized carbons (Fsp3) is 0. The van der Waals surface area contributed by atoms with Gasteiger partial charge in [0.05, 0.1) is 22.3 Å². The van der Waals surface area contributed by atoms with Crippen molar-refractivity contribution in [2.24, 2.45) is 0 Å². The van der Waals surface area contributed by atoms with E-state index < -0.39 is 23.9 Å². The lowest BCUT2D eigenvalue weighted by molar-refractivity contribution is 0.0426. The van der Waals surface area contributed by atoms with Gasteiger partial charge in [-0.3, -0.25) is 0 Å². The predicted octanol–water partition coefficient (Wildman–Crippen LogP) is 5.33. The number of carbonyl (C=O) groups is 4. The van der Waals surface area contributed by atoms with Crippen molar-refractivity contribution in [1.82, 2.24) is 0 Å². The Morgan fingerprint density at radius 2 is 0.941 bits per heavy atom. The molecule has 2 heterocycles. The Morgan fingerprint density at radius 1 is 0.382 bits per heavy atom. The number of hydrogen-bond acceptors (Lipinski definition) is 6. The van der Waals surface area contributed by atoms with Crippen LogP contribution < -0.4 is 0 Å². The summed E-state index contributed by atoms with van der Waals surface area (Å²) in [4.78, 5) is 45.7. The van der Waals surface area contributed by atoms with Crippen LogP contribution in [0.4, 0.5) is 0 Å². The second-order valence-electron chi connectivity index (χ2n) is 7.57. The van der Waals surface area contributed by atoms with Crippen molar-refractivity contribution >= 4 is 23.9 Å². The molecule has 2 aliphatic heterocycles. The van der Waals surface area contributed by atoms with E-state index in [4.69, 9.17) is 0 Å². The van der Waals surface area contributed by atoms with Gasteiger partial charge in [-0.15, -0.1) is 0 Å². The average Bonchev–Trinajstić information content (AvgIpc) is 3.34. The van der Waals surface area contributed by atoms with Crippen LogP contribution in [0.3, 0.4) is 0 Å². The van der Waals surface area contributed by atoms with E-state index >= 15 is 0 Å². The number of esters is 4. The number of hydrogen-bond donors (Lipinski definition) is 0. The lowest BCUT2D eigenvalue weighted by Gasteiger charge is -2.04. The van der Waals surface area contributed by atoms with E-state index in [1.54, 1.807) is 24.3 Å². The number of ether oxygens (including phenoxy) is 2. The third kappa shape index (κ3) is 3.78. The van der Waals surface area contributed by atoms with Crippen LogP contribution in [0.5, 0.6) is 0 Å². The molecule has 4 aromatic carbocycles. The first-order valence-corrected chi connectivity index (χ1v) is 10.4. The van der Waals surface area contributed by atoms with Gasteiger partial charge in [-0.1, -0.05) is 78.9 Å². The van der Waals surface area contributed by atoms with Crippen LogP contribution in [0.1, 0.15) is 41.4 Å². The van der Waals surface area contributed by atoms with Crippen LogP contribution >= 0.6 is 0 Å². The molecule has 0 fully saturated rings. The van der Waals surface area contributed by atoms with Crippen molar-refractivity contribution in [3.05, 3.63) is 119 Å². The molecule has 0 saturated carbocycles. The monoisotopic (exact) mass is 448 g/mol. The SMILES string of the molecule is O=C1OC(=O)c2c1cccc2-c1ccccc1.O=C1OC(=O)c2cc(-c3ccccc3)ccc21. The summed E-state index contributed by atoms with van der Waals surface area (Å²) in [7, 11) is 0. The van der Waals surface area contributed by atoms with Gasteiger partial charge < -0.3 is 9.47 Å². The maximum atomic E-state index is 11.6. The Kier molecular flexibility index (Phi) is 5.32. The molecule has 2 aliphatic rings. The molecule has 0 bridgehead atoms. The second kappa shape index (κ2) is 8.60. The molecule has 0 radical (unpaired) electrons. The smallest absolute Gasteiger partial charge is 0.347 e. The Labute approximate surface area is 194 Å². The van der Waals surface area contributed by atoms with Gasteiger partial charge in [0.25, 0.3) is 0 Å². The van der Waals surface area contributed by atoms with Crippen LogP contribution in [0.25, 0.3) is 22.3 Å². The number of cyclic esters (lactones) is 4. The Bertz CT molecular complexity index is 1450. The number of fused-ring (bicyclic) bond motifs is 2. The zero-order valence-corrected chi connectivity index (χ0v) is 17.7. The van der Waals surface area contributed by atoms with Crippen molar-refractivity contribution in [3.8, 4) is 22.3 Å². The quantitative estimate of drug-likeness (QED) is 0.304. The molecule has 0 unspecified atom stereocenters. The van der Waals surface area contributed by atoms with Crippen molar-refractivity contribution in [3.63, 3.8) is 0 Å². The maximum absolute atomic E-state index is 11.6. The van der Waals surface area contributed by atoms with E-state index in [0.717, 1.165) is 22.3 Å². The van der Waals surface area contributed by atoms with E-state index in [2.05, 4.69) is 9.47 Å². The molecule has 0 spiro atoms. The fourth-order valence-corrected chi connectivity index (χ4v) is 3.89. The Hall–Kier alpha value is -4.84. The van der Waals surface area contributed by atoms with E-state index in [9.17, 15) is 19.2 Å². The molecule has 6 heteroatoms. The van der Waals surface area contributed by atoms with Crippen molar-refractivity contribution in [2.75, 3.05) is 0 Å². The zero-order chi connectivity index (χ0) is 23.7. The molecule has 0 N–H and O–H groups in total. The molecule has 164 valence electrons. The van der Waals surface area contributed by atoms with Crippen molar-refractivity contribution < 1.29 is 28.7 Å². The van der Waals surface area contributed by atoms with Gasteiger partial charge in [0.2, 0.25) is 0 Å². The predicted molar refractivity (Wildman–Crippen MR) is 123 cm³/mol. The van der Waals surface area contributed by atoms with Crippen LogP contribution in [-0.2, 0) is 9.47 Å². The summed E-state index contributed by atoms with van der Waals surface area (Å²) in [6.45, 7) is 0. The van der Waals surface area contributed by atoms with E-state index in [-0.39, 0.29) is 0 Å². The fourth-order valence-electron chi connectivity index (χ4n) is 3.89. The molecule has 0 amide bonds. The Balaban J connectivity index is 0.000000142. The average molecular weight is 448 g/mol. The van der Waals surface area contributed by atoms with Gasteiger partial charge in [-0.05, 0) is 40.5 Å². The van der Waals surface area contributed by atoms with Gasteiger partial charge >= 0.3 is 23.9 Å².